The Morgan fingerprint density at radius 2 is 1.76 bits per heavy atom. The molecule has 1 atom stereocenters. The third-order valence-electron chi connectivity index (χ3n) is 7.46. The zero-order valence-corrected chi connectivity index (χ0v) is 21.6. The lowest BCUT2D eigenvalue weighted by molar-refractivity contribution is 0.0503. The van der Waals surface area contributed by atoms with E-state index in [1.807, 2.05) is 59.5 Å². The highest BCUT2D eigenvalue weighted by atomic mass is 16.5. The third-order valence-corrected chi connectivity index (χ3v) is 7.46. The summed E-state index contributed by atoms with van der Waals surface area (Å²) in [6, 6.07) is 26.1. The molecule has 6 nitrogen and oxygen atoms in total. The molecule has 1 fully saturated rings. The van der Waals surface area contributed by atoms with E-state index in [-0.39, 0.29) is 18.1 Å². The normalized spacial score (nSPS) is 16.9. The fourth-order valence-electron chi connectivity index (χ4n) is 5.51. The van der Waals surface area contributed by atoms with Gasteiger partial charge in [-0.2, -0.15) is 0 Å². The number of fused-ring (bicyclic) bond motifs is 2. The smallest absolute Gasteiger partial charge is 0.272 e. The Morgan fingerprint density at radius 3 is 2.53 bits per heavy atom. The lowest BCUT2D eigenvalue weighted by atomic mass is 10.1. The number of para-hydroxylation sites is 1. The lowest BCUT2D eigenvalue weighted by Crippen LogP contribution is -2.37. The fourth-order valence-corrected chi connectivity index (χ4v) is 5.51. The standard InChI is InChI=1S/C32H32N2O4/c1-36-31-17-22(12-15-30(31)38-27-18-24-8-2-3-9-25(24)19-27)20-34(21-26-10-6-16-37-26)32(35)29-14-13-23-7-4-5-11-28(23)33-29/h2-5,7-9,11-15,17,26-27H,6,10,16,18-21H2,1H3. The summed E-state index contributed by atoms with van der Waals surface area (Å²) >= 11 is 0. The molecule has 0 N–H and O–H groups in total. The second-order valence-corrected chi connectivity index (χ2v) is 10.1. The van der Waals surface area contributed by atoms with Crippen LogP contribution >= 0.6 is 0 Å². The molecule has 1 unspecified atom stereocenters. The molecule has 1 amide bonds. The van der Waals surface area contributed by atoms with Gasteiger partial charge in [-0.3, -0.25) is 4.79 Å². The quantitative estimate of drug-likeness (QED) is 0.310. The van der Waals surface area contributed by atoms with Crippen LogP contribution in [0.1, 0.15) is 40.0 Å². The van der Waals surface area contributed by atoms with E-state index in [2.05, 4.69) is 29.2 Å². The number of carbonyl (C=O) groups excluding carboxylic acids is 1. The minimum absolute atomic E-state index is 0.0351. The van der Waals surface area contributed by atoms with Crippen molar-refractivity contribution in [3.05, 3.63) is 101 Å². The summed E-state index contributed by atoms with van der Waals surface area (Å²) in [6.45, 7) is 1.69. The number of hydrogen-bond acceptors (Lipinski definition) is 5. The second kappa shape index (κ2) is 10.8. The largest absolute Gasteiger partial charge is 0.493 e. The summed E-state index contributed by atoms with van der Waals surface area (Å²) in [5.74, 6) is 1.29. The summed E-state index contributed by atoms with van der Waals surface area (Å²) in [5.41, 5.74) is 4.91. The van der Waals surface area contributed by atoms with Gasteiger partial charge in [-0.05, 0) is 53.8 Å². The molecule has 0 saturated carbocycles. The van der Waals surface area contributed by atoms with E-state index in [9.17, 15) is 4.79 Å². The van der Waals surface area contributed by atoms with Crippen molar-refractivity contribution in [2.24, 2.45) is 0 Å². The third kappa shape index (κ3) is 5.22. The molecule has 1 saturated heterocycles. The van der Waals surface area contributed by atoms with Gasteiger partial charge in [0.05, 0.1) is 18.7 Å². The van der Waals surface area contributed by atoms with E-state index < -0.39 is 0 Å². The van der Waals surface area contributed by atoms with Gasteiger partial charge in [0.2, 0.25) is 0 Å². The van der Waals surface area contributed by atoms with Crippen LogP contribution in [0.25, 0.3) is 10.9 Å². The molecular formula is C32H32N2O4. The number of nitrogens with zero attached hydrogens (tertiary/aromatic N) is 2. The van der Waals surface area contributed by atoms with Crippen LogP contribution in [-0.4, -0.2) is 48.3 Å². The molecular weight excluding hydrogens is 476 g/mol. The van der Waals surface area contributed by atoms with Crippen molar-refractivity contribution in [1.29, 1.82) is 0 Å². The van der Waals surface area contributed by atoms with Gasteiger partial charge in [0.1, 0.15) is 11.8 Å². The molecule has 2 aliphatic rings. The molecule has 6 heteroatoms. The molecule has 0 spiro atoms. The highest BCUT2D eigenvalue weighted by Crippen LogP contribution is 2.33. The molecule has 1 aromatic heterocycles. The number of methoxy groups -OCH3 is 1. The Balaban J connectivity index is 1.21. The maximum absolute atomic E-state index is 13.7. The molecule has 194 valence electrons. The Kier molecular flexibility index (Phi) is 6.97. The lowest BCUT2D eigenvalue weighted by Gasteiger charge is -2.26. The Labute approximate surface area is 223 Å². The zero-order chi connectivity index (χ0) is 25.9. The number of benzene rings is 3. The van der Waals surface area contributed by atoms with Gasteiger partial charge < -0.3 is 19.1 Å². The SMILES string of the molecule is COc1cc(CN(CC2CCCO2)C(=O)c2ccc3ccccc3n2)ccc1OC1Cc2ccccc2C1. The number of ether oxygens (including phenoxy) is 3. The summed E-state index contributed by atoms with van der Waals surface area (Å²) in [4.78, 5) is 20.2. The highest BCUT2D eigenvalue weighted by Gasteiger charge is 2.26. The predicted octanol–water partition coefficient (Wildman–Crippen LogP) is 5.61. The van der Waals surface area contributed by atoms with Crippen molar-refractivity contribution in [3.8, 4) is 11.5 Å². The Morgan fingerprint density at radius 1 is 0.974 bits per heavy atom. The molecule has 6 rings (SSSR count). The van der Waals surface area contributed by atoms with Crippen molar-refractivity contribution >= 4 is 16.8 Å². The van der Waals surface area contributed by atoms with Gasteiger partial charge in [0.15, 0.2) is 11.5 Å². The van der Waals surface area contributed by atoms with E-state index in [1.54, 1.807) is 7.11 Å². The van der Waals surface area contributed by atoms with Crippen molar-refractivity contribution < 1.29 is 19.0 Å². The molecule has 4 aromatic rings. The Hall–Kier alpha value is -3.90. The van der Waals surface area contributed by atoms with Crippen LogP contribution < -0.4 is 9.47 Å². The van der Waals surface area contributed by atoms with Crippen LogP contribution in [0.5, 0.6) is 11.5 Å². The van der Waals surface area contributed by atoms with Gasteiger partial charge in [-0.1, -0.05) is 54.6 Å². The summed E-state index contributed by atoms with van der Waals surface area (Å²) < 4.78 is 18.0. The maximum Gasteiger partial charge on any atom is 0.272 e. The van der Waals surface area contributed by atoms with Gasteiger partial charge in [-0.15, -0.1) is 0 Å². The minimum atomic E-state index is -0.103. The van der Waals surface area contributed by atoms with E-state index in [0.717, 1.165) is 54.5 Å². The minimum Gasteiger partial charge on any atom is -0.493 e. The van der Waals surface area contributed by atoms with Crippen LogP contribution in [0.4, 0.5) is 0 Å². The second-order valence-electron chi connectivity index (χ2n) is 10.1. The number of hydrogen-bond donors (Lipinski definition) is 0. The average Bonchev–Trinajstić information content (AvgIpc) is 3.62. The monoisotopic (exact) mass is 508 g/mol. The van der Waals surface area contributed by atoms with Gasteiger partial charge in [-0.25, -0.2) is 4.98 Å². The summed E-state index contributed by atoms with van der Waals surface area (Å²) in [7, 11) is 1.66. The van der Waals surface area contributed by atoms with Crippen LogP contribution in [0.2, 0.25) is 0 Å². The first-order valence-corrected chi connectivity index (χ1v) is 13.3. The molecule has 1 aliphatic heterocycles. The van der Waals surface area contributed by atoms with Crippen LogP contribution in [0.3, 0.4) is 0 Å². The first-order valence-electron chi connectivity index (χ1n) is 13.3. The Bertz CT molecular complexity index is 1420. The summed E-state index contributed by atoms with van der Waals surface area (Å²) in [6.07, 6.45) is 3.88. The molecule has 0 bridgehead atoms. The van der Waals surface area contributed by atoms with E-state index >= 15 is 0 Å². The molecule has 3 aromatic carbocycles. The molecule has 2 heterocycles. The molecule has 1 aliphatic carbocycles. The highest BCUT2D eigenvalue weighted by molar-refractivity contribution is 5.95. The van der Waals surface area contributed by atoms with Crippen molar-refractivity contribution in [1.82, 2.24) is 9.88 Å². The topological polar surface area (TPSA) is 60.9 Å². The van der Waals surface area contributed by atoms with Crippen LogP contribution in [-0.2, 0) is 24.1 Å². The number of pyridine rings is 1. The first-order chi connectivity index (χ1) is 18.7. The number of aromatic nitrogens is 1. The van der Waals surface area contributed by atoms with E-state index in [4.69, 9.17) is 14.2 Å². The van der Waals surface area contributed by atoms with Crippen molar-refractivity contribution in [2.75, 3.05) is 20.3 Å². The number of amides is 1. The number of carbonyl (C=O) groups is 1. The number of rotatable bonds is 8. The van der Waals surface area contributed by atoms with E-state index in [0.29, 0.717) is 24.5 Å². The molecule has 0 radical (unpaired) electrons. The van der Waals surface area contributed by atoms with Gasteiger partial charge in [0.25, 0.3) is 5.91 Å². The average molecular weight is 509 g/mol. The zero-order valence-electron chi connectivity index (χ0n) is 21.6. The predicted molar refractivity (Wildman–Crippen MR) is 147 cm³/mol. The fraction of sp³-hybridized carbons (Fsp3) is 0.312. The van der Waals surface area contributed by atoms with Crippen molar-refractivity contribution in [3.63, 3.8) is 0 Å². The first kappa shape index (κ1) is 24.4. The van der Waals surface area contributed by atoms with Crippen molar-refractivity contribution in [2.45, 2.75) is 44.4 Å². The van der Waals surface area contributed by atoms with Gasteiger partial charge >= 0.3 is 0 Å². The maximum atomic E-state index is 13.7. The molecule has 38 heavy (non-hydrogen) atoms. The van der Waals surface area contributed by atoms with Crippen LogP contribution in [0, 0.1) is 0 Å². The van der Waals surface area contributed by atoms with E-state index in [1.165, 1.54) is 11.1 Å². The van der Waals surface area contributed by atoms with Crippen LogP contribution in [0.15, 0.2) is 78.9 Å². The summed E-state index contributed by atoms with van der Waals surface area (Å²) in [5, 5.41) is 1.01. The van der Waals surface area contributed by atoms with Gasteiger partial charge in [0, 0.05) is 37.9 Å².